The molecule has 0 saturated heterocycles. The fourth-order valence-corrected chi connectivity index (χ4v) is 3.92. The van der Waals surface area contributed by atoms with Crippen LogP contribution in [0.2, 0.25) is 5.02 Å². The summed E-state index contributed by atoms with van der Waals surface area (Å²) in [5, 5.41) is 7.09. The third-order valence-corrected chi connectivity index (χ3v) is 5.37. The zero-order valence-electron chi connectivity index (χ0n) is 13.4. The summed E-state index contributed by atoms with van der Waals surface area (Å²) in [6.45, 7) is 1.44. The van der Waals surface area contributed by atoms with Crippen molar-refractivity contribution in [2.45, 2.75) is 11.8 Å². The van der Waals surface area contributed by atoms with Crippen molar-refractivity contribution in [2.75, 3.05) is 7.11 Å². The van der Waals surface area contributed by atoms with Crippen LogP contribution in [0.4, 0.5) is 4.39 Å². The maximum absolute atomic E-state index is 13.4. The number of nitrogens with zero attached hydrogens (tertiary/aromatic N) is 3. The van der Waals surface area contributed by atoms with E-state index in [-0.39, 0.29) is 32.6 Å². The average molecular weight is 400 g/mol. The number of aryl methyl sites for hydroxylation is 1. The lowest BCUT2D eigenvalue weighted by Gasteiger charge is -2.08. The first-order valence-electron chi connectivity index (χ1n) is 7.07. The molecule has 1 aromatic carbocycles. The Hall–Kier alpha value is -2.72. The highest BCUT2D eigenvalue weighted by molar-refractivity contribution is 7.90. The zero-order chi connectivity index (χ0) is 19.1. The van der Waals surface area contributed by atoms with Gasteiger partial charge in [-0.05, 0) is 25.1 Å². The predicted molar refractivity (Wildman–Crippen MR) is 87.8 cm³/mol. The molecule has 26 heavy (non-hydrogen) atoms. The summed E-state index contributed by atoms with van der Waals surface area (Å²) in [5.74, 6) is -1.58. The Kier molecular flexibility index (Phi) is 4.55. The Bertz CT molecular complexity index is 1090. The Morgan fingerprint density at radius 3 is 2.65 bits per heavy atom. The molecule has 11 heteroatoms. The van der Waals surface area contributed by atoms with Gasteiger partial charge < -0.3 is 9.26 Å². The van der Waals surface area contributed by atoms with Crippen molar-refractivity contribution in [1.82, 2.24) is 14.3 Å². The molecule has 3 aromatic rings. The van der Waals surface area contributed by atoms with E-state index in [1.54, 1.807) is 0 Å². The molecule has 0 aliphatic heterocycles. The summed E-state index contributed by atoms with van der Waals surface area (Å²) in [6.07, 6.45) is 1.28. The molecule has 0 N–H and O–H groups in total. The fourth-order valence-electron chi connectivity index (χ4n) is 2.32. The normalized spacial score (nSPS) is 11.5. The second-order valence-corrected chi connectivity index (χ2v) is 7.28. The SMILES string of the molecule is COC(=O)c1c(C)nn(S(=O)(=O)c2ccc(F)c(Cl)c2)c1-c1ccno1. The van der Waals surface area contributed by atoms with E-state index in [0.717, 1.165) is 25.3 Å². The largest absolute Gasteiger partial charge is 0.465 e. The Morgan fingerprint density at radius 1 is 1.35 bits per heavy atom. The lowest BCUT2D eigenvalue weighted by molar-refractivity contribution is 0.0600. The summed E-state index contributed by atoms with van der Waals surface area (Å²) >= 11 is 5.68. The third-order valence-electron chi connectivity index (χ3n) is 3.51. The summed E-state index contributed by atoms with van der Waals surface area (Å²) in [6, 6.07) is 4.27. The van der Waals surface area contributed by atoms with Gasteiger partial charge in [0.25, 0.3) is 10.0 Å². The topological polar surface area (TPSA) is 104 Å². The minimum atomic E-state index is -4.32. The number of halogens is 2. The zero-order valence-corrected chi connectivity index (χ0v) is 15.0. The van der Waals surface area contributed by atoms with Crippen molar-refractivity contribution in [3.05, 3.63) is 52.6 Å². The molecule has 0 bridgehead atoms. The minimum Gasteiger partial charge on any atom is -0.465 e. The van der Waals surface area contributed by atoms with E-state index in [1.165, 1.54) is 19.2 Å². The molecule has 0 saturated carbocycles. The van der Waals surface area contributed by atoms with Gasteiger partial charge in [0.2, 0.25) is 0 Å². The van der Waals surface area contributed by atoms with Crippen molar-refractivity contribution < 1.29 is 26.9 Å². The van der Waals surface area contributed by atoms with E-state index >= 15 is 0 Å². The van der Waals surface area contributed by atoms with Crippen molar-refractivity contribution in [2.24, 2.45) is 0 Å². The fraction of sp³-hybridized carbons (Fsp3) is 0.133. The number of rotatable bonds is 4. The van der Waals surface area contributed by atoms with Crippen LogP contribution in [0.1, 0.15) is 16.1 Å². The molecule has 2 heterocycles. The summed E-state index contributed by atoms with van der Waals surface area (Å²) in [4.78, 5) is 11.8. The molecular formula is C15H11ClFN3O5S. The van der Waals surface area contributed by atoms with Gasteiger partial charge in [-0.2, -0.15) is 13.5 Å². The van der Waals surface area contributed by atoms with E-state index in [9.17, 15) is 17.6 Å². The van der Waals surface area contributed by atoms with Gasteiger partial charge in [0, 0.05) is 6.07 Å². The van der Waals surface area contributed by atoms with Crippen LogP contribution in [-0.2, 0) is 14.8 Å². The third kappa shape index (κ3) is 2.86. The molecular weight excluding hydrogens is 389 g/mol. The van der Waals surface area contributed by atoms with Gasteiger partial charge in [-0.25, -0.2) is 9.18 Å². The van der Waals surface area contributed by atoms with Gasteiger partial charge in [0.05, 0.1) is 28.9 Å². The highest BCUT2D eigenvalue weighted by Crippen LogP contribution is 2.31. The molecule has 8 nitrogen and oxygen atoms in total. The molecule has 3 rings (SSSR count). The van der Waals surface area contributed by atoms with Crippen LogP contribution in [0.25, 0.3) is 11.5 Å². The van der Waals surface area contributed by atoms with Gasteiger partial charge in [-0.3, -0.25) is 0 Å². The number of esters is 1. The van der Waals surface area contributed by atoms with Gasteiger partial charge >= 0.3 is 5.97 Å². The number of benzene rings is 1. The van der Waals surface area contributed by atoms with Crippen molar-refractivity contribution >= 4 is 27.6 Å². The van der Waals surface area contributed by atoms with Gasteiger partial charge in [0.15, 0.2) is 5.76 Å². The van der Waals surface area contributed by atoms with E-state index in [0.29, 0.717) is 4.09 Å². The number of hydrogen-bond donors (Lipinski definition) is 0. The van der Waals surface area contributed by atoms with E-state index in [2.05, 4.69) is 10.3 Å². The Morgan fingerprint density at radius 2 is 2.08 bits per heavy atom. The molecule has 0 amide bonds. The Labute approximate surface area is 152 Å². The standard InChI is InChI=1S/C15H11ClFN3O5S/c1-8-13(15(21)24-2)14(12-5-6-18-25-12)20(19-8)26(22,23)9-3-4-11(17)10(16)7-9/h3-7H,1-2H3. The summed E-state index contributed by atoms with van der Waals surface area (Å²) in [7, 11) is -3.17. The highest BCUT2D eigenvalue weighted by atomic mass is 35.5. The number of ether oxygens (including phenoxy) is 1. The van der Waals surface area contributed by atoms with Crippen LogP contribution >= 0.6 is 11.6 Å². The molecule has 0 radical (unpaired) electrons. The first kappa shape index (κ1) is 18.1. The van der Waals surface area contributed by atoms with E-state index in [4.69, 9.17) is 20.9 Å². The number of carbonyl (C=O) groups excluding carboxylic acids is 1. The monoisotopic (exact) mass is 399 g/mol. The van der Waals surface area contributed by atoms with Crippen LogP contribution in [-0.4, -0.2) is 35.8 Å². The summed E-state index contributed by atoms with van der Waals surface area (Å²) in [5.41, 5.74) is -0.159. The van der Waals surface area contributed by atoms with E-state index < -0.39 is 21.8 Å². The van der Waals surface area contributed by atoms with Gasteiger partial charge in [-0.15, -0.1) is 4.09 Å². The molecule has 0 aliphatic carbocycles. The first-order chi connectivity index (χ1) is 12.3. The molecule has 0 spiro atoms. The molecule has 0 fully saturated rings. The molecule has 0 atom stereocenters. The quantitative estimate of drug-likeness (QED) is 0.621. The first-order valence-corrected chi connectivity index (χ1v) is 8.88. The molecule has 0 unspecified atom stereocenters. The van der Waals surface area contributed by atoms with Crippen LogP contribution in [0.15, 0.2) is 39.9 Å². The van der Waals surface area contributed by atoms with Crippen molar-refractivity contribution in [1.29, 1.82) is 0 Å². The molecule has 0 aliphatic rings. The number of carbonyl (C=O) groups is 1. The van der Waals surface area contributed by atoms with Crippen molar-refractivity contribution in [3.8, 4) is 11.5 Å². The van der Waals surface area contributed by atoms with Crippen molar-refractivity contribution in [3.63, 3.8) is 0 Å². The lowest BCUT2D eigenvalue weighted by atomic mass is 10.1. The second kappa shape index (κ2) is 6.54. The predicted octanol–water partition coefficient (Wildman–Crippen LogP) is 2.66. The average Bonchev–Trinajstić information content (AvgIpc) is 3.24. The van der Waals surface area contributed by atoms with Crippen LogP contribution in [0.5, 0.6) is 0 Å². The smallest absolute Gasteiger partial charge is 0.342 e. The maximum atomic E-state index is 13.4. The maximum Gasteiger partial charge on any atom is 0.342 e. The van der Waals surface area contributed by atoms with Gasteiger partial charge in [0.1, 0.15) is 17.1 Å². The Balaban J connectivity index is 2.31. The highest BCUT2D eigenvalue weighted by Gasteiger charge is 2.32. The summed E-state index contributed by atoms with van der Waals surface area (Å²) < 4.78 is 49.7. The van der Waals surface area contributed by atoms with E-state index in [1.807, 2.05) is 0 Å². The molecule has 2 aromatic heterocycles. The van der Waals surface area contributed by atoms with Crippen LogP contribution < -0.4 is 0 Å². The second-order valence-electron chi connectivity index (χ2n) is 5.10. The van der Waals surface area contributed by atoms with Gasteiger partial charge in [-0.1, -0.05) is 16.8 Å². The number of aromatic nitrogens is 3. The number of methoxy groups -OCH3 is 1. The number of hydrogen-bond acceptors (Lipinski definition) is 7. The minimum absolute atomic E-state index is 0.0113. The van der Waals surface area contributed by atoms with Crippen LogP contribution in [0.3, 0.4) is 0 Å². The van der Waals surface area contributed by atoms with Crippen LogP contribution in [0, 0.1) is 12.7 Å². The molecule has 136 valence electrons. The lowest BCUT2D eigenvalue weighted by Crippen LogP contribution is -2.16.